The van der Waals surface area contributed by atoms with E-state index < -0.39 is 17.3 Å². The van der Waals surface area contributed by atoms with E-state index in [1.54, 1.807) is 32.9 Å². The molecule has 0 fully saturated rings. The zero-order valence-corrected chi connectivity index (χ0v) is 10.4. The van der Waals surface area contributed by atoms with E-state index in [-0.39, 0.29) is 11.4 Å². The Bertz CT molecular complexity index is 404. The molecule has 0 bridgehead atoms. The maximum atomic E-state index is 13.6. The number of alkyl halides is 1. The lowest BCUT2D eigenvalue weighted by Crippen LogP contribution is -2.45. The van der Waals surface area contributed by atoms with E-state index in [1.807, 2.05) is 0 Å². The summed E-state index contributed by atoms with van der Waals surface area (Å²) in [5.74, 6) is -0.649. The van der Waals surface area contributed by atoms with Gasteiger partial charge in [-0.05, 0) is 32.4 Å². The third-order valence-corrected chi connectivity index (χ3v) is 2.89. The standard InChI is InChI=1S/C12H15ClFNO/c1-8-5-4-6-9(10(8)14)11(16)15-12(2,3)7-13/h4-6H,7H2,1-3H3,(H,15,16). The summed E-state index contributed by atoms with van der Waals surface area (Å²) < 4.78 is 13.6. The Morgan fingerprint density at radius 3 is 2.69 bits per heavy atom. The largest absolute Gasteiger partial charge is 0.346 e. The van der Waals surface area contributed by atoms with Crippen LogP contribution < -0.4 is 5.32 Å². The van der Waals surface area contributed by atoms with Crippen molar-refractivity contribution in [2.24, 2.45) is 0 Å². The minimum atomic E-state index is -0.547. The highest BCUT2D eigenvalue weighted by molar-refractivity contribution is 6.18. The highest BCUT2D eigenvalue weighted by Crippen LogP contribution is 2.13. The van der Waals surface area contributed by atoms with E-state index in [0.29, 0.717) is 5.56 Å². The number of rotatable bonds is 3. The number of nitrogens with one attached hydrogen (secondary N) is 1. The molecule has 0 aliphatic heterocycles. The van der Waals surface area contributed by atoms with Crippen molar-refractivity contribution in [1.82, 2.24) is 5.32 Å². The average molecular weight is 244 g/mol. The molecule has 0 spiro atoms. The van der Waals surface area contributed by atoms with E-state index >= 15 is 0 Å². The Labute approximate surface area is 99.8 Å². The lowest BCUT2D eigenvalue weighted by atomic mass is 10.1. The Hall–Kier alpha value is -1.09. The molecule has 0 heterocycles. The maximum Gasteiger partial charge on any atom is 0.254 e. The number of carbonyl (C=O) groups is 1. The van der Waals surface area contributed by atoms with Gasteiger partial charge in [-0.3, -0.25) is 4.79 Å². The summed E-state index contributed by atoms with van der Waals surface area (Å²) in [4.78, 5) is 11.8. The summed E-state index contributed by atoms with van der Waals surface area (Å²) in [6.45, 7) is 5.19. The smallest absolute Gasteiger partial charge is 0.254 e. The molecule has 4 heteroatoms. The molecule has 0 aliphatic carbocycles. The highest BCUT2D eigenvalue weighted by atomic mass is 35.5. The third kappa shape index (κ3) is 2.95. The molecule has 16 heavy (non-hydrogen) atoms. The minimum absolute atomic E-state index is 0.0539. The van der Waals surface area contributed by atoms with Crippen molar-refractivity contribution in [1.29, 1.82) is 0 Å². The van der Waals surface area contributed by atoms with Crippen molar-refractivity contribution >= 4 is 17.5 Å². The first-order valence-electron chi connectivity index (χ1n) is 5.01. The summed E-state index contributed by atoms with van der Waals surface area (Å²) >= 11 is 5.69. The number of hydrogen-bond donors (Lipinski definition) is 1. The van der Waals surface area contributed by atoms with E-state index in [0.717, 1.165) is 0 Å². The summed E-state index contributed by atoms with van der Waals surface area (Å²) in [6.07, 6.45) is 0. The van der Waals surface area contributed by atoms with Gasteiger partial charge in [0.25, 0.3) is 5.91 Å². The zero-order chi connectivity index (χ0) is 12.3. The molecular formula is C12H15ClFNO. The normalized spacial score (nSPS) is 11.3. The van der Waals surface area contributed by atoms with Crippen molar-refractivity contribution in [3.05, 3.63) is 35.1 Å². The van der Waals surface area contributed by atoms with Crippen molar-refractivity contribution in [3.8, 4) is 0 Å². The van der Waals surface area contributed by atoms with Crippen LogP contribution >= 0.6 is 11.6 Å². The van der Waals surface area contributed by atoms with Crippen LogP contribution in [0.3, 0.4) is 0 Å². The van der Waals surface area contributed by atoms with Gasteiger partial charge in [0.1, 0.15) is 5.82 Å². The van der Waals surface area contributed by atoms with Crippen molar-refractivity contribution in [3.63, 3.8) is 0 Å². The molecule has 0 aliphatic rings. The van der Waals surface area contributed by atoms with Crippen LogP contribution in [0.25, 0.3) is 0 Å². The molecule has 0 saturated heterocycles. The molecule has 0 unspecified atom stereocenters. The van der Waals surface area contributed by atoms with E-state index in [9.17, 15) is 9.18 Å². The fourth-order valence-electron chi connectivity index (χ4n) is 1.23. The molecule has 0 atom stereocenters. The van der Waals surface area contributed by atoms with Crippen LogP contribution in [-0.4, -0.2) is 17.3 Å². The second-order valence-electron chi connectivity index (χ2n) is 4.41. The van der Waals surface area contributed by atoms with Gasteiger partial charge in [-0.2, -0.15) is 0 Å². The lowest BCUT2D eigenvalue weighted by molar-refractivity contribution is 0.0916. The van der Waals surface area contributed by atoms with Crippen molar-refractivity contribution < 1.29 is 9.18 Å². The van der Waals surface area contributed by atoms with Crippen LogP contribution in [-0.2, 0) is 0 Å². The molecule has 1 N–H and O–H groups in total. The summed E-state index contributed by atoms with van der Waals surface area (Å²) in [5, 5.41) is 2.68. The summed E-state index contributed by atoms with van der Waals surface area (Å²) in [7, 11) is 0. The molecule has 0 aromatic heterocycles. The van der Waals surface area contributed by atoms with Gasteiger partial charge >= 0.3 is 0 Å². The average Bonchev–Trinajstić information content (AvgIpc) is 2.21. The predicted octanol–water partition coefficient (Wildman–Crippen LogP) is 2.88. The van der Waals surface area contributed by atoms with Crippen molar-refractivity contribution in [2.75, 3.05) is 5.88 Å². The predicted molar refractivity (Wildman–Crippen MR) is 63.4 cm³/mol. The quantitative estimate of drug-likeness (QED) is 0.813. The second-order valence-corrected chi connectivity index (χ2v) is 4.68. The van der Waals surface area contributed by atoms with Crippen LogP contribution in [0.4, 0.5) is 4.39 Å². The van der Waals surface area contributed by atoms with Crippen LogP contribution in [0, 0.1) is 12.7 Å². The molecule has 1 rings (SSSR count). The Morgan fingerprint density at radius 2 is 2.12 bits per heavy atom. The monoisotopic (exact) mass is 243 g/mol. The fourth-order valence-corrected chi connectivity index (χ4v) is 1.30. The van der Waals surface area contributed by atoms with Crippen LogP contribution in [0.2, 0.25) is 0 Å². The van der Waals surface area contributed by atoms with E-state index in [4.69, 9.17) is 11.6 Å². The zero-order valence-electron chi connectivity index (χ0n) is 9.60. The van der Waals surface area contributed by atoms with Crippen LogP contribution in [0.15, 0.2) is 18.2 Å². The molecule has 1 aromatic rings. The Kier molecular flexibility index (Phi) is 3.92. The summed E-state index contributed by atoms with van der Waals surface area (Å²) in [5.41, 5.74) is -0.0380. The van der Waals surface area contributed by atoms with Crippen LogP contribution in [0.1, 0.15) is 29.8 Å². The maximum absolute atomic E-state index is 13.6. The third-order valence-electron chi connectivity index (χ3n) is 2.22. The molecule has 1 aromatic carbocycles. The van der Waals surface area contributed by atoms with Gasteiger partial charge in [0.15, 0.2) is 0 Å². The number of carbonyl (C=O) groups excluding carboxylic acids is 1. The van der Waals surface area contributed by atoms with Gasteiger partial charge in [0.2, 0.25) is 0 Å². The van der Waals surface area contributed by atoms with Gasteiger partial charge in [-0.1, -0.05) is 12.1 Å². The van der Waals surface area contributed by atoms with E-state index in [1.165, 1.54) is 6.07 Å². The van der Waals surface area contributed by atoms with Gasteiger partial charge < -0.3 is 5.32 Å². The first-order valence-corrected chi connectivity index (χ1v) is 5.54. The number of hydrogen-bond acceptors (Lipinski definition) is 1. The Balaban J connectivity index is 2.94. The number of benzene rings is 1. The molecule has 0 radical (unpaired) electrons. The van der Waals surface area contributed by atoms with Crippen LogP contribution in [0.5, 0.6) is 0 Å². The van der Waals surface area contributed by atoms with E-state index in [2.05, 4.69) is 5.32 Å². The lowest BCUT2D eigenvalue weighted by Gasteiger charge is -2.23. The van der Waals surface area contributed by atoms with Gasteiger partial charge in [-0.25, -0.2) is 4.39 Å². The van der Waals surface area contributed by atoms with Crippen molar-refractivity contribution in [2.45, 2.75) is 26.3 Å². The van der Waals surface area contributed by atoms with Gasteiger partial charge in [-0.15, -0.1) is 11.6 Å². The summed E-state index contributed by atoms with van der Waals surface area (Å²) in [6, 6.07) is 4.74. The number of aryl methyl sites for hydroxylation is 1. The molecule has 2 nitrogen and oxygen atoms in total. The second kappa shape index (κ2) is 4.83. The first-order chi connectivity index (χ1) is 7.37. The number of halogens is 2. The first kappa shape index (κ1) is 13.0. The fraction of sp³-hybridized carbons (Fsp3) is 0.417. The molecular weight excluding hydrogens is 229 g/mol. The number of amides is 1. The van der Waals surface area contributed by atoms with Gasteiger partial charge in [0.05, 0.1) is 5.56 Å². The minimum Gasteiger partial charge on any atom is -0.346 e. The molecule has 1 amide bonds. The topological polar surface area (TPSA) is 29.1 Å². The Morgan fingerprint density at radius 1 is 1.50 bits per heavy atom. The SMILES string of the molecule is Cc1cccc(C(=O)NC(C)(C)CCl)c1F. The molecule has 0 saturated carbocycles. The molecule has 88 valence electrons. The van der Waals surface area contributed by atoms with Gasteiger partial charge in [0, 0.05) is 11.4 Å². The highest BCUT2D eigenvalue weighted by Gasteiger charge is 2.22.